The standard InChI is InChI=1S/C12H20N4O.2ClH/c1-9(13)11-4-7-15(8-11)12(17)10(2)16-6-3-5-14-16;;/h3,5-6,9-11H,4,7-8,13H2,1-2H3;2*1H. The van der Waals surface area contributed by atoms with E-state index < -0.39 is 0 Å². The van der Waals surface area contributed by atoms with Gasteiger partial charge in [0.25, 0.3) is 0 Å². The predicted octanol–water partition coefficient (Wildman–Crippen LogP) is 1.48. The molecule has 7 heteroatoms. The van der Waals surface area contributed by atoms with E-state index in [0.29, 0.717) is 5.92 Å². The Morgan fingerprint density at radius 3 is 2.58 bits per heavy atom. The van der Waals surface area contributed by atoms with Crippen LogP contribution in [0.2, 0.25) is 0 Å². The Labute approximate surface area is 126 Å². The van der Waals surface area contributed by atoms with Gasteiger partial charge in [-0.15, -0.1) is 24.8 Å². The van der Waals surface area contributed by atoms with Gasteiger partial charge in [0.15, 0.2) is 0 Å². The summed E-state index contributed by atoms with van der Waals surface area (Å²) < 4.78 is 1.70. The molecule has 0 radical (unpaired) electrons. The van der Waals surface area contributed by atoms with Crippen molar-refractivity contribution in [2.45, 2.75) is 32.4 Å². The second-order valence-electron chi connectivity index (χ2n) is 4.85. The van der Waals surface area contributed by atoms with Gasteiger partial charge in [0.2, 0.25) is 5.91 Å². The van der Waals surface area contributed by atoms with Gasteiger partial charge in [-0.25, -0.2) is 0 Å². The number of carbonyl (C=O) groups is 1. The first-order valence-electron chi connectivity index (χ1n) is 6.13. The van der Waals surface area contributed by atoms with E-state index in [2.05, 4.69) is 5.10 Å². The maximum atomic E-state index is 12.2. The predicted molar refractivity (Wildman–Crippen MR) is 79.8 cm³/mol. The molecule has 0 bridgehead atoms. The minimum absolute atomic E-state index is 0. The number of hydrogen-bond donors (Lipinski definition) is 1. The quantitative estimate of drug-likeness (QED) is 0.920. The lowest BCUT2D eigenvalue weighted by molar-refractivity contribution is -0.133. The zero-order valence-electron chi connectivity index (χ0n) is 11.2. The molecule has 2 heterocycles. The fraction of sp³-hybridized carbons (Fsp3) is 0.667. The highest BCUT2D eigenvalue weighted by atomic mass is 35.5. The molecule has 3 unspecified atom stereocenters. The second kappa shape index (κ2) is 7.72. The van der Waals surface area contributed by atoms with Crippen LogP contribution >= 0.6 is 24.8 Å². The van der Waals surface area contributed by atoms with E-state index in [0.717, 1.165) is 19.5 Å². The Kier molecular flexibility index (Phi) is 7.41. The van der Waals surface area contributed by atoms with Gasteiger partial charge in [-0.3, -0.25) is 9.48 Å². The number of aromatic nitrogens is 2. The average Bonchev–Trinajstić information content (AvgIpc) is 2.97. The van der Waals surface area contributed by atoms with Crippen molar-refractivity contribution in [3.63, 3.8) is 0 Å². The minimum Gasteiger partial charge on any atom is -0.341 e. The first kappa shape index (κ1) is 18.2. The van der Waals surface area contributed by atoms with Crippen LogP contribution in [0.3, 0.4) is 0 Å². The Balaban J connectivity index is 0.00000162. The van der Waals surface area contributed by atoms with Crippen molar-refractivity contribution in [1.29, 1.82) is 0 Å². The molecule has 1 fully saturated rings. The van der Waals surface area contributed by atoms with Crippen LogP contribution in [0.1, 0.15) is 26.3 Å². The number of nitrogens with zero attached hydrogens (tertiary/aromatic N) is 3. The largest absolute Gasteiger partial charge is 0.341 e. The molecule has 1 aliphatic heterocycles. The summed E-state index contributed by atoms with van der Waals surface area (Å²) in [5.74, 6) is 0.570. The SMILES string of the molecule is CC(N)C1CCN(C(=O)C(C)n2cccn2)C1.Cl.Cl. The summed E-state index contributed by atoms with van der Waals surface area (Å²) in [6.07, 6.45) is 4.52. The van der Waals surface area contributed by atoms with E-state index >= 15 is 0 Å². The zero-order chi connectivity index (χ0) is 12.4. The van der Waals surface area contributed by atoms with Gasteiger partial charge in [-0.1, -0.05) is 0 Å². The Bertz CT molecular complexity index is 383. The summed E-state index contributed by atoms with van der Waals surface area (Å²) >= 11 is 0. The minimum atomic E-state index is -0.225. The van der Waals surface area contributed by atoms with Crippen molar-refractivity contribution in [2.24, 2.45) is 11.7 Å². The van der Waals surface area contributed by atoms with Crippen molar-refractivity contribution < 1.29 is 4.79 Å². The molecular weight excluding hydrogens is 287 g/mol. The van der Waals surface area contributed by atoms with Crippen LogP contribution in [0.4, 0.5) is 0 Å². The number of amides is 1. The third kappa shape index (κ3) is 4.09. The maximum absolute atomic E-state index is 12.2. The van der Waals surface area contributed by atoms with E-state index in [4.69, 9.17) is 5.73 Å². The summed E-state index contributed by atoms with van der Waals surface area (Å²) in [6, 6.07) is 1.77. The first-order chi connectivity index (χ1) is 8.09. The fourth-order valence-electron chi connectivity index (χ4n) is 2.30. The zero-order valence-corrected chi connectivity index (χ0v) is 12.9. The molecule has 1 amide bonds. The number of halogens is 2. The molecule has 110 valence electrons. The van der Waals surface area contributed by atoms with Gasteiger partial charge in [-0.05, 0) is 32.3 Å². The third-order valence-corrected chi connectivity index (χ3v) is 3.56. The van der Waals surface area contributed by atoms with Crippen LogP contribution in [-0.2, 0) is 4.79 Å². The summed E-state index contributed by atoms with van der Waals surface area (Å²) in [5, 5.41) is 4.11. The molecule has 0 saturated carbocycles. The second-order valence-corrected chi connectivity index (χ2v) is 4.85. The molecule has 1 aliphatic rings. The number of rotatable bonds is 3. The van der Waals surface area contributed by atoms with Crippen molar-refractivity contribution in [2.75, 3.05) is 13.1 Å². The first-order valence-corrected chi connectivity index (χ1v) is 6.13. The van der Waals surface area contributed by atoms with E-state index in [1.807, 2.05) is 31.0 Å². The molecule has 19 heavy (non-hydrogen) atoms. The molecule has 5 nitrogen and oxygen atoms in total. The Hall–Kier alpha value is -0.780. The highest BCUT2D eigenvalue weighted by Gasteiger charge is 2.31. The van der Waals surface area contributed by atoms with Crippen LogP contribution in [0.15, 0.2) is 18.5 Å². The van der Waals surface area contributed by atoms with E-state index in [9.17, 15) is 4.79 Å². The molecule has 0 spiro atoms. The van der Waals surface area contributed by atoms with Gasteiger partial charge in [0.05, 0.1) is 0 Å². The molecular formula is C12H22Cl2N4O. The third-order valence-electron chi connectivity index (χ3n) is 3.56. The van der Waals surface area contributed by atoms with Crippen molar-refractivity contribution >= 4 is 30.7 Å². The van der Waals surface area contributed by atoms with Gasteiger partial charge in [0, 0.05) is 31.5 Å². The smallest absolute Gasteiger partial charge is 0.247 e. The Morgan fingerprint density at radius 1 is 1.42 bits per heavy atom. The summed E-state index contributed by atoms with van der Waals surface area (Å²) in [5.41, 5.74) is 5.88. The summed E-state index contributed by atoms with van der Waals surface area (Å²) in [7, 11) is 0. The summed E-state index contributed by atoms with van der Waals surface area (Å²) in [4.78, 5) is 14.1. The summed E-state index contributed by atoms with van der Waals surface area (Å²) in [6.45, 7) is 5.49. The molecule has 0 aromatic carbocycles. The number of carbonyl (C=O) groups excluding carboxylic acids is 1. The number of likely N-dealkylation sites (tertiary alicyclic amines) is 1. The van der Waals surface area contributed by atoms with Crippen LogP contribution in [-0.4, -0.2) is 39.7 Å². The van der Waals surface area contributed by atoms with Crippen molar-refractivity contribution in [3.05, 3.63) is 18.5 Å². The fourth-order valence-corrected chi connectivity index (χ4v) is 2.30. The van der Waals surface area contributed by atoms with Crippen LogP contribution < -0.4 is 5.73 Å². The topological polar surface area (TPSA) is 64.2 Å². The van der Waals surface area contributed by atoms with Crippen molar-refractivity contribution in [3.8, 4) is 0 Å². The van der Waals surface area contributed by atoms with Crippen LogP contribution in [0.5, 0.6) is 0 Å². The average molecular weight is 309 g/mol. The monoisotopic (exact) mass is 308 g/mol. The molecule has 1 aromatic rings. The van der Waals surface area contributed by atoms with Crippen LogP contribution in [0.25, 0.3) is 0 Å². The number of hydrogen-bond acceptors (Lipinski definition) is 3. The molecule has 0 aliphatic carbocycles. The lowest BCUT2D eigenvalue weighted by Gasteiger charge is -2.22. The van der Waals surface area contributed by atoms with Gasteiger partial charge >= 0.3 is 0 Å². The van der Waals surface area contributed by atoms with E-state index in [1.54, 1.807) is 10.9 Å². The highest BCUT2D eigenvalue weighted by molar-refractivity contribution is 5.85. The van der Waals surface area contributed by atoms with Crippen LogP contribution in [0, 0.1) is 5.92 Å². The van der Waals surface area contributed by atoms with Gasteiger partial charge < -0.3 is 10.6 Å². The lowest BCUT2D eigenvalue weighted by atomic mass is 10.0. The Morgan fingerprint density at radius 2 is 2.11 bits per heavy atom. The van der Waals surface area contributed by atoms with E-state index in [1.165, 1.54) is 0 Å². The molecule has 2 rings (SSSR count). The number of nitrogens with two attached hydrogens (primary N) is 1. The van der Waals surface area contributed by atoms with Gasteiger partial charge in [0.1, 0.15) is 6.04 Å². The molecule has 2 N–H and O–H groups in total. The van der Waals surface area contributed by atoms with Crippen molar-refractivity contribution in [1.82, 2.24) is 14.7 Å². The maximum Gasteiger partial charge on any atom is 0.247 e. The lowest BCUT2D eigenvalue weighted by Crippen LogP contribution is -2.36. The molecule has 1 saturated heterocycles. The normalized spacial score (nSPS) is 21.2. The van der Waals surface area contributed by atoms with Gasteiger partial charge in [-0.2, -0.15) is 5.10 Å². The molecule has 3 atom stereocenters. The molecule has 1 aromatic heterocycles. The van der Waals surface area contributed by atoms with E-state index in [-0.39, 0.29) is 42.8 Å². The highest BCUT2D eigenvalue weighted by Crippen LogP contribution is 2.21.